The number of nitrogens with one attached hydrogen (secondary N) is 1. The number of amides is 1. The third-order valence-electron chi connectivity index (χ3n) is 2.37. The van der Waals surface area contributed by atoms with Crippen LogP contribution in [0.4, 0.5) is 10.5 Å². The summed E-state index contributed by atoms with van der Waals surface area (Å²) in [5.41, 5.74) is 1.13. The van der Waals surface area contributed by atoms with E-state index < -0.39 is 11.7 Å². The van der Waals surface area contributed by atoms with Gasteiger partial charge in [0.2, 0.25) is 0 Å². The molecule has 0 aliphatic carbocycles. The van der Waals surface area contributed by atoms with Gasteiger partial charge in [-0.05, 0) is 54.9 Å². The van der Waals surface area contributed by atoms with Gasteiger partial charge in [0.05, 0.1) is 23.8 Å². The summed E-state index contributed by atoms with van der Waals surface area (Å²) < 4.78 is 8.04. The van der Waals surface area contributed by atoms with Gasteiger partial charge in [-0.1, -0.05) is 15.9 Å². The molecular weight excluding hydrogens is 456 g/mol. The molecule has 0 radical (unpaired) electrons. The Morgan fingerprint density at radius 3 is 2.80 bits per heavy atom. The molecule has 0 bridgehead atoms. The number of carbonyl (C=O) groups excluding carboxylic acids is 1. The maximum absolute atomic E-state index is 11.9. The van der Waals surface area contributed by atoms with Crippen LogP contribution in [0.3, 0.4) is 0 Å². The average molecular weight is 470 g/mol. The number of ether oxygens (including phenoxy) is 1. The van der Waals surface area contributed by atoms with E-state index in [-0.39, 0.29) is 0 Å². The second-order valence-corrected chi connectivity index (χ2v) is 8.11. The van der Waals surface area contributed by atoms with Crippen LogP contribution >= 0.6 is 44.3 Å². The van der Waals surface area contributed by atoms with Crippen LogP contribution in [0.1, 0.15) is 20.8 Å². The van der Waals surface area contributed by atoms with Crippen LogP contribution in [0.25, 0.3) is 10.9 Å². The number of fused-ring (bicyclic) bond motifs is 1. The summed E-state index contributed by atoms with van der Waals surface area (Å²) in [5.74, 6) is 0. The highest BCUT2D eigenvalue weighted by molar-refractivity contribution is 14.2. The van der Waals surface area contributed by atoms with Crippen LogP contribution < -0.4 is 5.32 Å². The molecule has 0 aliphatic rings. The Hall–Kier alpha value is -0.400. The maximum atomic E-state index is 11.9. The third-order valence-corrected chi connectivity index (χ3v) is 4.71. The molecule has 0 aliphatic heterocycles. The number of benzene rings is 1. The number of aromatic nitrogens is 2. The van der Waals surface area contributed by atoms with E-state index in [1.54, 1.807) is 6.20 Å². The molecule has 1 amide bonds. The first-order valence-electron chi connectivity index (χ1n) is 5.84. The largest absolute Gasteiger partial charge is 0.444 e. The van der Waals surface area contributed by atoms with E-state index in [1.165, 1.54) is 0 Å². The highest BCUT2D eigenvalue weighted by Gasteiger charge is 2.18. The van der Waals surface area contributed by atoms with E-state index in [1.807, 2.05) is 37.4 Å². The van der Waals surface area contributed by atoms with Gasteiger partial charge >= 0.3 is 6.09 Å². The molecule has 1 atom stereocenters. The second kappa shape index (κ2) is 6.15. The van der Waals surface area contributed by atoms with Gasteiger partial charge in [0.1, 0.15) is 5.60 Å². The van der Waals surface area contributed by atoms with E-state index in [4.69, 9.17) is 4.74 Å². The topological polar surface area (TPSA) is 56.1 Å². The monoisotopic (exact) mass is 469 g/mol. The van der Waals surface area contributed by atoms with Gasteiger partial charge in [-0.25, -0.2) is 9.25 Å². The molecule has 0 spiro atoms. The fourth-order valence-electron chi connectivity index (χ4n) is 1.68. The standard InChI is InChI=1S/C12H14BrIN3O2P/c1-12(2,3)19-11(18)16-9-4-7(13)5-10-8(9)6-15-17(10)20-14/h4-6,20H,1-3H3,(H,16,18). The Bertz CT molecular complexity index is 654. The van der Waals surface area contributed by atoms with Crippen molar-refractivity contribution < 1.29 is 9.53 Å². The van der Waals surface area contributed by atoms with E-state index >= 15 is 0 Å². The smallest absolute Gasteiger partial charge is 0.412 e. The molecule has 0 saturated carbocycles. The summed E-state index contributed by atoms with van der Waals surface area (Å²) in [6, 6.07) is 3.82. The molecule has 2 aromatic rings. The predicted octanol–water partition coefficient (Wildman–Crippen LogP) is 4.94. The van der Waals surface area contributed by atoms with Crippen molar-refractivity contribution in [1.82, 2.24) is 9.55 Å². The summed E-state index contributed by atoms with van der Waals surface area (Å²) in [4.78, 5) is 11.9. The minimum absolute atomic E-state index is 0.471. The lowest BCUT2D eigenvalue weighted by molar-refractivity contribution is 0.0636. The molecule has 108 valence electrons. The van der Waals surface area contributed by atoms with Gasteiger partial charge < -0.3 is 4.74 Å². The summed E-state index contributed by atoms with van der Waals surface area (Å²) in [5, 5.41) is 7.97. The van der Waals surface area contributed by atoms with Crippen molar-refractivity contribution in [3.63, 3.8) is 0 Å². The van der Waals surface area contributed by atoms with Crippen molar-refractivity contribution in [2.75, 3.05) is 5.32 Å². The SMILES string of the molecule is CC(C)(C)OC(=O)Nc1cc(Br)cc2c1cnn2PI. The number of halogens is 2. The number of hydrogen-bond donors (Lipinski definition) is 1. The second-order valence-electron chi connectivity index (χ2n) is 5.15. The quantitative estimate of drug-likeness (QED) is 0.500. The summed E-state index contributed by atoms with van der Waals surface area (Å²) >= 11 is 5.72. The molecule has 2 rings (SSSR count). The van der Waals surface area contributed by atoms with Crippen LogP contribution in [-0.4, -0.2) is 21.2 Å². The number of anilines is 1. The number of carbonyl (C=O) groups is 1. The Labute approximate surface area is 140 Å². The van der Waals surface area contributed by atoms with Gasteiger partial charge in [0, 0.05) is 9.86 Å². The molecule has 1 aromatic heterocycles. The summed E-state index contributed by atoms with van der Waals surface area (Å²) in [6.45, 7) is 5.49. The molecule has 0 saturated heterocycles. The molecule has 1 heterocycles. The Kier molecular flexibility index (Phi) is 4.92. The molecule has 1 aromatic carbocycles. The third kappa shape index (κ3) is 3.83. The van der Waals surface area contributed by atoms with Crippen LogP contribution in [0.2, 0.25) is 0 Å². The minimum Gasteiger partial charge on any atom is -0.444 e. The van der Waals surface area contributed by atoms with E-state index in [0.717, 1.165) is 15.4 Å². The van der Waals surface area contributed by atoms with Crippen molar-refractivity contribution in [2.45, 2.75) is 26.4 Å². The number of rotatable bonds is 2. The molecule has 1 unspecified atom stereocenters. The van der Waals surface area contributed by atoms with Crippen LogP contribution in [-0.2, 0) is 4.74 Å². The van der Waals surface area contributed by atoms with Gasteiger partial charge in [-0.3, -0.25) is 5.32 Å². The van der Waals surface area contributed by atoms with Crippen molar-refractivity contribution in [1.29, 1.82) is 0 Å². The minimum atomic E-state index is -0.525. The molecule has 1 N–H and O–H groups in total. The van der Waals surface area contributed by atoms with Gasteiger partial charge in [-0.2, -0.15) is 5.10 Å². The molecule has 0 fully saturated rings. The molecule has 8 heteroatoms. The lowest BCUT2D eigenvalue weighted by Crippen LogP contribution is -2.27. The molecule has 20 heavy (non-hydrogen) atoms. The lowest BCUT2D eigenvalue weighted by atomic mass is 10.2. The zero-order chi connectivity index (χ0) is 14.9. The molecule has 5 nitrogen and oxygen atoms in total. The highest BCUT2D eigenvalue weighted by atomic mass is 127. The zero-order valence-corrected chi connectivity index (χ0v) is 15.9. The molecular formula is C12H14BrIN3O2P. The first-order chi connectivity index (χ1) is 9.30. The maximum Gasteiger partial charge on any atom is 0.412 e. The van der Waals surface area contributed by atoms with Crippen LogP contribution in [0, 0.1) is 0 Å². The lowest BCUT2D eigenvalue weighted by Gasteiger charge is -2.20. The fourth-order valence-corrected chi connectivity index (χ4v) is 3.65. The first kappa shape index (κ1) is 16.0. The van der Waals surface area contributed by atoms with E-state index in [0.29, 0.717) is 12.1 Å². The van der Waals surface area contributed by atoms with Crippen molar-refractivity contribution in [3.8, 4) is 0 Å². The normalized spacial score (nSPS) is 12.2. The highest BCUT2D eigenvalue weighted by Crippen LogP contribution is 2.34. The number of hydrogen-bond acceptors (Lipinski definition) is 3. The number of nitrogens with zero attached hydrogens (tertiary/aromatic N) is 2. The van der Waals surface area contributed by atoms with Gasteiger partial charge in [0.15, 0.2) is 0 Å². The Balaban J connectivity index is 2.35. The Morgan fingerprint density at radius 1 is 1.50 bits per heavy atom. The summed E-state index contributed by atoms with van der Waals surface area (Å²) in [6.07, 6.45) is 1.78. The average Bonchev–Trinajstić information content (AvgIpc) is 2.69. The Morgan fingerprint density at radius 2 is 2.20 bits per heavy atom. The van der Waals surface area contributed by atoms with Gasteiger partial charge in [-0.15, -0.1) is 0 Å². The van der Waals surface area contributed by atoms with Crippen LogP contribution in [0.15, 0.2) is 22.8 Å². The van der Waals surface area contributed by atoms with Crippen molar-refractivity contribution >= 4 is 67.0 Å². The van der Waals surface area contributed by atoms with Crippen molar-refractivity contribution in [2.24, 2.45) is 0 Å². The van der Waals surface area contributed by atoms with Gasteiger partial charge in [0.25, 0.3) is 0 Å². The first-order valence-corrected chi connectivity index (χ1v) is 10.7. The van der Waals surface area contributed by atoms with Crippen molar-refractivity contribution in [3.05, 3.63) is 22.8 Å². The van der Waals surface area contributed by atoms with E-state index in [9.17, 15) is 4.79 Å². The summed E-state index contributed by atoms with van der Waals surface area (Å²) in [7, 11) is 0. The fraction of sp³-hybridized carbons (Fsp3) is 0.333. The predicted molar refractivity (Wildman–Crippen MR) is 95.0 cm³/mol. The van der Waals surface area contributed by atoms with Crippen LogP contribution in [0.5, 0.6) is 0 Å². The van der Waals surface area contributed by atoms with E-state index in [2.05, 4.69) is 48.4 Å². The zero-order valence-electron chi connectivity index (χ0n) is 11.2.